The molecule has 0 fully saturated rings. The average molecular weight is 255 g/mol. The fourth-order valence-electron chi connectivity index (χ4n) is 2.17. The van der Waals surface area contributed by atoms with Gasteiger partial charge in [-0.2, -0.15) is 0 Å². The lowest BCUT2D eigenvalue weighted by atomic mass is 10.0. The molecule has 3 rings (SSSR count). The highest BCUT2D eigenvalue weighted by Gasteiger charge is 2.23. The number of carbonyl (C=O) groups is 1. The topological polar surface area (TPSA) is 20.3 Å². The van der Waals surface area contributed by atoms with Gasteiger partial charge in [0, 0.05) is 23.1 Å². The molecule has 2 aromatic rings. The van der Waals surface area contributed by atoms with E-state index in [4.69, 9.17) is 0 Å². The molecular formula is C15H13NOS. The summed E-state index contributed by atoms with van der Waals surface area (Å²) in [5.74, 6) is 0.109. The number of ketones is 1. The Morgan fingerprint density at radius 3 is 2.67 bits per heavy atom. The SMILES string of the molecule is Cc1ccc2c(c1)SN(C)c1ccccc1C2=O. The zero-order valence-corrected chi connectivity index (χ0v) is 11.1. The first-order valence-electron chi connectivity index (χ1n) is 5.83. The molecule has 90 valence electrons. The molecule has 0 aliphatic carbocycles. The number of para-hydroxylation sites is 1. The van der Waals surface area contributed by atoms with Gasteiger partial charge in [-0.1, -0.05) is 18.2 Å². The van der Waals surface area contributed by atoms with E-state index in [1.165, 1.54) is 5.56 Å². The average Bonchev–Trinajstić information content (AvgIpc) is 2.47. The van der Waals surface area contributed by atoms with Crippen LogP contribution in [0, 0.1) is 6.92 Å². The fraction of sp³-hybridized carbons (Fsp3) is 0.133. The van der Waals surface area contributed by atoms with Crippen LogP contribution in [0.2, 0.25) is 0 Å². The van der Waals surface area contributed by atoms with Crippen molar-refractivity contribution in [2.75, 3.05) is 11.4 Å². The Morgan fingerprint density at radius 2 is 1.83 bits per heavy atom. The minimum Gasteiger partial charge on any atom is -0.314 e. The summed E-state index contributed by atoms with van der Waals surface area (Å²) in [5.41, 5.74) is 3.72. The van der Waals surface area contributed by atoms with Crippen molar-refractivity contribution in [1.82, 2.24) is 0 Å². The number of carbonyl (C=O) groups excluding carboxylic acids is 1. The van der Waals surface area contributed by atoms with Crippen LogP contribution in [0.4, 0.5) is 5.69 Å². The smallest absolute Gasteiger partial charge is 0.196 e. The highest BCUT2D eigenvalue weighted by Crippen LogP contribution is 2.37. The molecule has 0 unspecified atom stereocenters. The summed E-state index contributed by atoms with van der Waals surface area (Å²) in [6.07, 6.45) is 0. The summed E-state index contributed by atoms with van der Waals surface area (Å²) in [4.78, 5) is 13.6. The first-order chi connectivity index (χ1) is 8.66. The predicted molar refractivity (Wildman–Crippen MR) is 75.3 cm³/mol. The number of hydrogen-bond acceptors (Lipinski definition) is 3. The third-order valence-electron chi connectivity index (χ3n) is 3.10. The molecule has 1 aliphatic rings. The van der Waals surface area contributed by atoms with Crippen LogP contribution in [0.3, 0.4) is 0 Å². The molecule has 0 bridgehead atoms. The van der Waals surface area contributed by atoms with E-state index in [0.29, 0.717) is 0 Å². The van der Waals surface area contributed by atoms with Crippen LogP contribution in [-0.2, 0) is 0 Å². The number of nitrogens with zero attached hydrogens (tertiary/aromatic N) is 1. The van der Waals surface area contributed by atoms with Gasteiger partial charge in [0.15, 0.2) is 5.78 Å². The Morgan fingerprint density at radius 1 is 1.06 bits per heavy atom. The monoisotopic (exact) mass is 255 g/mol. The van der Waals surface area contributed by atoms with E-state index in [-0.39, 0.29) is 5.78 Å². The highest BCUT2D eigenvalue weighted by atomic mass is 32.2. The predicted octanol–water partition coefficient (Wildman–Crippen LogP) is 3.68. The van der Waals surface area contributed by atoms with Crippen LogP contribution in [0.25, 0.3) is 0 Å². The molecule has 0 amide bonds. The Kier molecular flexibility index (Phi) is 2.63. The van der Waals surface area contributed by atoms with E-state index in [9.17, 15) is 4.79 Å². The fourth-order valence-corrected chi connectivity index (χ4v) is 3.22. The minimum atomic E-state index is 0.109. The molecule has 0 N–H and O–H groups in total. The number of rotatable bonds is 0. The third-order valence-corrected chi connectivity index (χ3v) is 4.11. The summed E-state index contributed by atoms with van der Waals surface area (Å²) in [6, 6.07) is 13.7. The first-order valence-corrected chi connectivity index (χ1v) is 6.60. The van der Waals surface area contributed by atoms with E-state index >= 15 is 0 Å². The lowest BCUT2D eigenvalue weighted by molar-refractivity contribution is 0.103. The van der Waals surface area contributed by atoms with Gasteiger partial charge < -0.3 is 4.31 Å². The van der Waals surface area contributed by atoms with Crippen molar-refractivity contribution in [3.8, 4) is 0 Å². The molecule has 0 spiro atoms. The molecule has 2 aromatic carbocycles. The van der Waals surface area contributed by atoms with Crippen LogP contribution in [0.5, 0.6) is 0 Å². The summed E-state index contributed by atoms with van der Waals surface area (Å²) in [7, 11) is 1.99. The van der Waals surface area contributed by atoms with Crippen LogP contribution in [0.1, 0.15) is 21.5 Å². The second kappa shape index (κ2) is 4.18. The van der Waals surface area contributed by atoms with Gasteiger partial charge in [0.05, 0.1) is 5.69 Å². The lowest BCUT2D eigenvalue weighted by Gasteiger charge is -2.17. The number of benzene rings is 2. The van der Waals surface area contributed by atoms with Gasteiger partial charge in [-0.25, -0.2) is 0 Å². The van der Waals surface area contributed by atoms with Gasteiger partial charge in [0.1, 0.15) is 0 Å². The number of aryl methyl sites for hydroxylation is 1. The maximum absolute atomic E-state index is 12.5. The molecule has 1 aliphatic heterocycles. The highest BCUT2D eigenvalue weighted by molar-refractivity contribution is 8.00. The quantitative estimate of drug-likeness (QED) is 0.670. The normalized spacial score (nSPS) is 13.9. The summed E-state index contributed by atoms with van der Waals surface area (Å²) >= 11 is 1.61. The lowest BCUT2D eigenvalue weighted by Crippen LogP contribution is -2.07. The number of hydrogen-bond donors (Lipinski definition) is 0. The molecule has 18 heavy (non-hydrogen) atoms. The van der Waals surface area contributed by atoms with Crippen molar-refractivity contribution in [3.05, 3.63) is 59.2 Å². The van der Waals surface area contributed by atoms with E-state index < -0.39 is 0 Å². The van der Waals surface area contributed by atoms with Crippen LogP contribution in [0.15, 0.2) is 47.4 Å². The van der Waals surface area contributed by atoms with E-state index in [0.717, 1.165) is 21.7 Å². The molecular weight excluding hydrogens is 242 g/mol. The molecule has 0 radical (unpaired) electrons. The molecule has 0 saturated heterocycles. The maximum Gasteiger partial charge on any atom is 0.196 e. The van der Waals surface area contributed by atoms with Crippen molar-refractivity contribution in [2.24, 2.45) is 0 Å². The van der Waals surface area contributed by atoms with Gasteiger partial charge in [-0.3, -0.25) is 4.79 Å². The van der Waals surface area contributed by atoms with Gasteiger partial charge >= 0.3 is 0 Å². The van der Waals surface area contributed by atoms with E-state index in [1.54, 1.807) is 11.9 Å². The Labute approximate surface area is 111 Å². The molecule has 3 heteroatoms. The van der Waals surface area contributed by atoms with Crippen LogP contribution < -0.4 is 4.31 Å². The Hall–Kier alpha value is -1.74. The third kappa shape index (κ3) is 1.71. The second-order valence-corrected chi connectivity index (χ2v) is 5.60. The second-order valence-electron chi connectivity index (χ2n) is 4.43. The van der Waals surface area contributed by atoms with Crippen LogP contribution >= 0.6 is 11.9 Å². The van der Waals surface area contributed by atoms with Crippen molar-refractivity contribution in [3.63, 3.8) is 0 Å². The van der Waals surface area contributed by atoms with Gasteiger partial charge in [-0.15, -0.1) is 0 Å². The van der Waals surface area contributed by atoms with Gasteiger partial charge in [-0.05, 0) is 48.7 Å². The standard InChI is InChI=1S/C15H13NOS/c1-10-7-8-12-14(9-10)18-16(2)13-6-4-3-5-11(13)15(12)17/h3-9H,1-2H3. The number of fused-ring (bicyclic) bond motifs is 2. The summed E-state index contributed by atoms with van der Waals surface area (Å²) in [5, 5.41) is 0. The molecule has 2 nitrogen and oxygen atoms in total. The van der Waals surface area contributed by atoms with Gasteiger partial charge in [0.25, 0.3) is 0 Å². The van der Waals surface area contributed by atoms with Crippen LogP contribution in [-0.4, -0.2) is 12.8 Å². The summed E-state index contributed by atoms with van der Waals surface area (Å²) < 4.78 is 2.05. The zero-order valence-electron chi connectivity index (χ0n) is 10.3. The summed E-state index contributed by atoms with van der Waals surface area (Å²) in [6.45, 7) is 2.04. The molecule has 0 atom stereocenters. The van der Waals surface area contributed by atoms with Gasteiger partial charge in [0.2, 0.25) is 0 Å². The largest absolute Gasteiger partial charge is 0.314 e. The number of anilines is 1. The minimum absolute atomic E-state index is 0.109. The zero-order chi connectivity index (χ0) is 12.7. The Balaban J connectivity index is 2.25. The molecule has 0 saturated carbocycles. The molecule has 1 heterocycles. The van der Waals surface area contributed by atoms with Crippen molar-refractivity contribution in [2.45, 2.75) is 11.8 Å². The van der Waals surface area contributed by atoms with Crippen molar-refractivity contribution >= 4 is 23.4 Å². The van der Waals surface area contributed by atoms with Crippen molar-refractivity contribution < 1.29 is 4.79 Å². The maximum atomic E-state index is 12.5. The van der Waals surface area contributed by atoms with E-state index in [1.807, 2.05) is 50.4 Å². The molecule has 0 aromatic heterocycles. The first kappa shape index (κ1) is 11.4. The van der Waals surface area contributed by atoms with Crippen molar-refractivity contribution in [1.29, 1.82) is 0 Å². The van der Waals surface area contributed by atoms with E-state index in [2.05, 4.69) is 10.4 Å². The Bertz CT molecular complexity index is 636.